The molecule has 0 aliphatic carbocycles. The van der Waals surface area contributed by atoms with E-state index in [0.717, 1.165) is 60.4 Å². The fourth-order valence-electron chi connectivity index (χ4n) is 6.30. The summed E-state index contributed by atoms with van der Waals surface area (Å²) >= 11 is 1.72. The van der Waals surface area contributed by atoms with Crippen LogP contribution in [-0.4, -0.2) is 15.0 Å². The molecule has 0 saturated heterocycles. The Balaban J connectivity index is 1.24. The molecule has 5 heteroatoms. The number of furan rings is 1. The lowest BCUT2D eigenvalue weighted by Gasteiger charge is -2.11. The molecule has 0 fully saturated rings. The van der Waals surface area contributed by atoms with Gasteiger partial charge >= 0.3 is 0 Å². The molecule has 0 bridgehead atoms. The van der Waals surface area contributed by atoms with Crippen LogP contribution in [0.1, 0.15) is 27.6 Å². The molecule has 8 aromatic rings. The quantitative estimate of drug-likeness (QED) is 0.171. The van der Waals surface area contributed by atoms with Crippen LogP contribution in [0.5, 0.6) is 0 Å². The molecule has 0 amide bonds. The van der Waals surface area contributed by atoms with Crippen LogP contribution in [0.2, 0.25) is 0 Å². The Morgan fingerprint density at radius 1 is 0.750 bits per heavy atom. The van der Waals surface area contributed by atoms with Crippen molar-refractivity contribution in [3.8, 4) is 46.2 Å². The number of hydrogen-bond acceptors (Lipinski definition) is 5. The van der Waals surface area contributed by atoms with Gasteiger partial charge in [-0.3, -0.25) is 0 Å². The van der Waals surface area contributed by atoms with Gasteiger partial charge in [0.25, 0.3) is 0 Å². The average molecular weight is 636 g/mol. The molecule has 0 N–H and O–H groups in total. The number of hydrogen-bond donors (Lipinski definition) is 0. The van der Waals surface area contributed by atoms with E-state index in [1.165, 1.54) is 21.0 Å². The standard InChI is InChI=1S/C43H29N3OS/c1-5-6-16-36-27(3)39-35(15-11-17-37(39)47-36)30-20-22-31(23-21-30)42-44-41(28(4)40-26(2)34-14-9-10-18-38(34)48-40)45-43(46-42)33-24-19-29-12-7-8-13-32(29)25-33/h1,6-25H,4H2,2-3H3/b16-6-. The van der Waals surface area contributed by atoms with E-state index >= 15 is 0 Å². The van der Waals surface area contributed by atoms with E-state index in [-0.39, 0.29) is 0 Å². The van der Waals surface area contributed by atoms with Gasteiger partial charge in [-0.1, -0.05) is 103 Å². The second-order valence-corrected chi connectivity index (χ2v) is 12.8. The Labute approximate surface area is 282 Å². The van der Waals surface area contributed by atoms with Crippen molar-refractivity contribution in [1.29, 1.82) is 0 Å². The summed E-state index contributed by atoms with van der Waals surface area (Å²) in [7, 11) is 0. The van der Waals surface area contributed by atoms with Gasteiger partial charge in [-0.2, -0.15) is 0 Å². The van der Waals surface area contributed by atoms with Gasteiger partial charge in [0.05, 0.1) is 0 Å². The summed E-state index contributed by atoms with van der Waals surface area (Å²) < 4.78 is 7.34. The summed E-state index contributed by atoms with van der Waals surface area (Å²) in [5.74, 6) is 5.07. The summed E-state index contributed by atoms with van der Waals surface area (Å²) in [6.07, 6.45) is 8.94. The molecule has 4 nitrogen and oxygen atoms in total. The number of aryl methyl sites for hydroxylation is 2. The number of nitrogens with zero attached hydrogens (tertiary/aromatic N) is 3. The smallest absolute Gasteiger partial charge is 0.164 e. The number of benzene rings is 5. The predicted molar refractivity (Wildman–Crippen MR) is 201 cm³/mol. The van der Waals surface area contributed by atoms with Gasteiger partial charge in [-0.05, 0) is 77.0 Å². The van der Waals surface area contributed by atoms with E-state index in [0.29, 0.717) is 17.5 Å². The van der Waals surface area contributed by atoms with Gasteiger partial charge < -0.3 is 4.42 Å². The van der Waals surface area contributed by atoms with Gasteiger partial charge in [0.15, 0.2) is 17.5 Å². The monoisotopic (exact) mass is 635 g/mol. The number of aromatic nitrogens is 3. The van der Waals surface area contributed by atoms with Crippen LogP contribution < -0.4 is 0 Å². The normalized spacial score (nSPS) is 11.5. The number of fused-ring (bicyclic) bond motifs is 3. The largest absolute Gasteiger partial charge is 0.456 e. The summed E-state index contributed by atoms with van der Waals surface area (Å²) in [6.45, 7) is 8.72. The van der Waals surface area contributed by atoms with Crippen LogP contribution in [-0.2, 0) is 0 Å². The maximum absolute atomic E-state index is 6.12. The van der Waals surface area contributed by atoms with Crippen molar-refractivity contribution >= 4 is 54.8 Å². The van der Waals surface area contributed by atoms with Crippen molar-refractivity contribution in [2.24, 2.45) is 0 Å². The van der Waals surface area contributed by atoms with Crippen LogP contribution in [0, 0.1) is 26.2 Å². The van der Waals surface area contributed by atoms with Gasteiger partial charge in [0.2, 0.25) is 0 Å². The molecule has 0 unspecified atom stereocenters. The number of allylic oxidation sites excluding steroid dienone is 1. The molecule has 228 valence electrons. The maximum atomic E-state index is 6.12. The third-order valence-electron chi connectivity index (χ3n) is 8.81. The lowest BCUT2D eigenvalue weighted by molar-refractivity contribution is 0.601. The van der Waals surface area contributed by atoms with Crippen LogP contribution in [0.15, 0.2) is 126 Å². The minimum atomic E-state index is 0.563. The first-order valence-electron chi connectivity index (χ1n) is 15.7. The molecule has 48 heavy (non-hydrogen) atoms. The molecule has 3 heterocycles. The average Bonchev–Trinajstić information content (AvgIpc) is 3.65. The van der Waals surface area contributed by atoms with E-state index in [1.54, 1.807) is 17.4 Å². The lowest BCUT2D eigenvalue weighted by Crippen LogP contribution is -2.03. The van der Waals surface area contributed by atoms with Crippen LogP contribution in [0.4, 0.5) is 0 Å². The highest BCUT2D eigenvalue weighted by Gasteiger charge is 2.19. The molecule has 5 aromatic carbocycles. The summed E-state index contributed by atoms with van der Waals surface area (Å²) in [5.41, 5.74) is 7.80. The highest BCUT2D eigenvalue weighted by molar-refractivity contribution is 7.20. The second kappa shape index (κ2) is 11.9. The summed E-state index contributed by atoms with van der Waals surface area (Å²) in [6, 6.07) is 37.5. The molecule has 0 spiro atoms. The zero-order valence-corrected chi connectivity index (χ0v) is 27.3. The molecular weight excluding hydrogens is 607 g/mol. The Bertz CT molecular complexity index is 2610. The van der Waals surface area contributed by atoms with Crippen molar-refractivity contribution in [2.45, 2.75) is 13.8 Å². The van der Waals surface area contributed by atoms with Crippen LogP contribution in [0.25, 0.3) is 77.4 Å². The highest BCUT2D eigenvalue weighted by Crippen LogP contribution is 2.38. The Morgan fingerprint density at radius 3 is 2.25 bits per heavy atom. The van der Waals surface area contributed by atoms with Gasteiger partial charge in [-0.15, -0.1) is 17.8 Å². The fourth-order valence-corrected chi connectivity index (χ4v) is 7.48. The Kier molecular flexibility index (Phi) is 7.29. The molecule has 0 radical (unpaired) electrons. The highest BCUT2D eigenvalue weighted by atomic mass is 32.1. The second-order valence-electron chi connectivity index (χ2n) is 11.7. The maximum Gasteiger partial charge on any atom is 0.164 e. The van der Waals surface area contributed by atoms with E-state index in [2.05, 4.69) is 111 Å². The van der Waals surface area contributed by atoms with Gasteiger partial charge in [0.1, 0.15) is 11.3 Å². The lowest BCUT2D eigenvalue weighted by atomic mass is 9.98. The SMILES string of the molecule is C#C/C=C\c1oc2cccc(-c3ccc(-c4nc(C(=C)c5sc6ccccc6c5C)nc(-c5ccc6ccccc6c5)n4)cc3)c2c1C. The molecule has 0 saturated carbocycles. The van der Waals surface area contributed by atoms with Crippen molar-refractivity contribution in [2.75, 3.05) is 0 Å². The van der Waals surface area contributed by atoms with E-state index < -0.39 is 0 Å². The number of thiophene rings is 1. The molecule has 0 aliphatic rings. The van der Waals surface area contributed by atoms with Gasteiger partial charge in [-0.25, -0.2) is 15.0 Å². The molecular formula is C43H29N3OS. The molecule has 0 aliphatic heterocycles. The molecule has 8 rings (SSSR count). The summed E-state index contributed by atoms with van der Waals surface area (Å²) in [4.78, 5) is 16.1. The van der Waals surface area contributed by atoms with Gasteiger partial charge in [0, 0.05) is 37.2 Å². The van der Waals surface area contributed by atoms with Crippen LogP contribution in [0.3, 0.4) is 0 Å². The topological polar surface area (TPSA) is 51.8 Å². The minimum Gasteiger partial charge on any atom is -0.456 e. The van der Waals surface area contributed by atoms with Crippen molar-refractivity contribution in [1.82, 2.24) is 15.0 Å². The Hall–Kier alpha value is -6.09. The third-order valence-corrected chi connectivity index (χ3v) is 10.1. The first-order chi connectivity index (χ1) is 23.5. The van der Waals surface area contributed by atoms with Crippen molar-refractivity contribution < 1.29 is 4.42 Å². The van der Waals surface area contributed by atoms with E-state index in [9.17, 15) is 0 Å². The fraction of sp³-hybridized carbons (Fsp3) is 0.0465. The van der Waals surface area contributed by atoms with E-state index in [1.807, 2.05) is 30.3 Å². The van der Waals surface area contributed by atoms with E-state index in [4.69, 9.17) is 25.8 Å². The van der Waals surface area contributed by atoms with Crippen LogP contribution >= 0.6 is 11.3 Å². The molecule has 0 atom stereocenters. The minimum absolute atomic E-state index is 0.563. The number of rotatable bonds is 6. The van der Waals surface area contributed by atoms with Crippen molar-refractivity contribution in [3.05, 3.63) is 149 Å². The summed E-state index contributed by atoms with van der Waals surface area (Å²) in [5, 5.41) is 4.58. The zero-order valence-electron chi connectivity index (χ0n) is 26.5. The van der Waals surface area contributed by atoms with Crippen molar-refractivity contribution in [3.63, 3.8) is 0 Å². The predicted octanol–water partition coefficient (Wildman–Crippen LogP) is 11.3. The zero-order chi connectivity index (χ0) is 32.8. The molecule has 3 aromatic heterocycles. The first-order valence-corrected chi connectivity index (χ1v) is 16.5. The first kappa shape index (κ1) is 29.3. The third kappa shape index (κ3) is 5.09. The number of terminal acetylenes is 1. The Morgan fingerprint density at radius 2 is 1.46 bits per heavy atom.